The molecular formula is C25H16O. The van der Waals surface area contributed by atoms with Crippen molar-refractivity contribution >= 4 is 5.78 Å². The van der Waals surface area contributed by atoms with E-state index in [4.69, 9.17) is 0 Å². The minimum Gasteiger partial charge on any atom is -0.289 e. The predicted octanol–water partition coefficient (Wildman–Crippen LogP) is 6.23. The Morgan fingerprint density at radius 1 is 0.385 bits per heavy atom. The van der Waals surface area contributed by atoms with Crippen LogP contribution < -0.4 is 0 Å². The highest BCUT2D eigenvalue weighted by Crippen LogP contribution is 2.45. The molecule has 1 nitrogen and oxygen atoms in total. The first-order valence-corrected chi connectivity index (χ1v) is 8.76. The molecular weight excluding hydrogens is 316 g/mol. The van der Waals surface area contributed by atoms with E-state index in [9.17, 15) is 4.79 Å². The maximum atomic E-state index is 13.3. The highest BCUT2D eigenvalue weighted by molar-refractivity contribution is 6.25. The summed E-state index contributed by atoms with van der Waals surface area (Å²) in [7, 11) is 0. The molecule has 4 aromatic rings. The molecule has 4 aromatic carbocycles. The van der Waals surface area contributed by atoms with E-state index >= 15 is 0 Å². The van der Waals surface area contributed by atoms with Crippen LogP contribution in [0, 0.1) is 0 Å². The molecule has 0 saturated heterocycles. The normalized spacial score (nSPS) is 11.9. The highest BCUT2D eigenvalue weighted by atomic mass is 16.1. The average molecular weight is 332 g/mol. The summed E-state index contributed by atoms with van der Waals surface area (Å²) in [4.78, 5) is 13.3. The van der Waals surface area contributed by atoms with Crippen LogP contribution in [-0.2, 0) is 0 Å². The van der Waals surface area contributed by atoms with E-state index in [1.165, 1.54) is 0 Å². The lowest BCUT2D eigenvalue weighted by Gasteiger charge is -2.15. The lowest BCUT2D eigenvalue weighted by Crippen LogP contribution is -2.00. The van der Waals surface area contributed by atoms with Crippen LogP contribution in [0.25, 0.3) is 33.4 Å². The van der Waals surface area contributed by atoms with Crippen LogP contribution >= 0.6 is 0 Å². The van der Waals surface area contributed by atoms with Gasteiger partial charge < -0.3 is 0 Å². The molecule has 0 bridgehead atoms. The SMILES string of the molecule is O=C1c2ccccc2-c2ccc(-c3ccccc3)c(-c3ccccc3)c21. The number of carbonyl (C=O) groups excluding carboxylic acids is 1. The smallest absolute Gasteiger partial charge is 0.194 e. The van der Waals surface area contributed by atoms with Gasteiger partial charge in [-0.2, -0.15) is 0 Å². The van der Waals surface area contributed by atoms with Crippen molar-refractivity contribution in [2.45, 2.75) is 0 Å². The van der Waals surface area contributed by atoms with Crippen molar-refractivity contribution in [2.75, 3.05) is 0 Å². The summed E-state index contributed by atoms with van der Waals surface area (Å²) in [6, 6.07) is 32.6. The summed E-state index contributed by atoms with van der Waals surface area (Å²) < 4.78 is 0. The molecule has 0 atom stereocenters. The van der Waals surface area contributed by atoms with Gasteiger partial charge in [0.25, 0.3) is 0 Å². The minimum absolute atomic E-state index is 0.118. The first kappa shape index (κ1) is 14.9. The van der Waals surface area contributed by atoms with Crippen molar-refractivity contribution in [1.82, 2.24) is 0 Å². The zero-order chi connectivity index (χ0) is 17.5. The van der Waals surface area contributed by atoms with Gasteiger partial charge in [-0.05, 0) is 27.8 Å². The lowest BCUT2D eigenvalue weighted by atomic mass is 9.87. The summed E-state index contributed by atoms with van der Waals surface area (Å²) in [6.45, 7) is 0. The molecule has 0 N–H and O–H groups in total. The van der Waals surface area contributed by atoms with E-state index in [2.05, 4.69) is 36.4 Å². The Bertz CT molecular complexity index is 1130. The fourth-order valence-electron chi connectivity index (χ4n) is 3.88. The molecule has 0 heterocycles. The Labute approximate surface area is 152 Å². The Kier molecular flexibility index (Phi) is 3.32. The van der Waals surface area contributed by atoms with Gasteiger partial charge in [-0.1, -0.05) is 97.1 Å². The van der Waals surface area contributed by atoms with Crippen LogP contribution in [0.1, 0.15) is 15.9 Å². The molecule has 0 spiro atoms. The largest absolute Gasteiger partial charge is 0.289 e. The van der Waals surface area contributed by atoms with E-state index in [0.717, 1.165) is 44.5 Å². The monoisotopic (exact) mass is 332 g/mol. The Balaban J connectivity index is 1.87. The van der Waals surface area contributed by atoms with E-state index in [1.54, 1.807) is 0 Å². The Morgan fingerprint density at radius 2 is 0.923 bits per heavy atom. The van der Waals surface area contributed by atoms with Gasteiger partial charge >= 0.3 is 0 Å². The van der Waals surface area contributed by atoms with Gasteiger partial charge in [-0.3, -0.25) is 4.79 Å². The van der Waals surface area contributed by atoms with Crippen LogP contribution in [0.3, 0.4) is 0 Å². The average Bonchev–Trinajstić information content (AvgIpc) is 3.01. The third-order valence-electron chi connectivity index (χ3n) is 5.04. The van der Waals surface area contributed by atoms with Gasteiger partial charge in [0.15, 0.2) is 5.78 Å². The summed E-state index contributed by atoms with van der Waals surface area (Å²) in [5.74, 6) is 0.118. The van der Waals surface area contributed by atoms with Crippen molar-refractivity contribution in [3.8, 4) is 33.4 Å². The molecule has 0 radical (unpaired) electrons. The maximum absolute atomic E-state index is 13.3. The second-order valence-corrected chi connectivity index (χ2v) is 6.52. The van der Waals surface area contributed by atoms with E-state index in [0.29, 0.717) is 0 Å². The molecule has 0 aliphatic heterocycles. The zero-order valence-electron chi connectivity index (χ0n) is 14.1. The second kappa shape index (κ2) is 5.82. The van der Waals surface area contributed by atoms with Crippen LogP contribution in [0.5, 0.6) is 0 Å². The Hall–Kier alpha value is -3.45. The Morgan fingerprint density at radius 3 is 1.62 bits per heavy atom. The molecule has 0 aromatic heterocycles. The van der Waals surface area contributed by atoms with Gasteiger partial charge in [-0.15, -0.1) is 0 Å². The quantitative estimate of drug-likeness (QED) is 0.374. The van der Waals surface area contributed by atoms with Gasteiger partial charge in [0.1, 0.15) is 0 Å². The first-order chi connectivity index (χ1) is 12.8. The van der Waals surface area contributed by atoms with E-state index in [1.807, 2.05) is 60.7 Å². The number of benzene rings is 4. The number of carbonyl (C=O) groups is 1. The molecule has 122 valence electrons. The molecule has 26 heavy (non-hydrogen) atoms. The molecule has 0 unspecified atom stereocenters. The zero-order valence-corrected chi connectivity index (χ0v) is 14.1. The van der Waals surface area contributed by atoms with Crippen LogP contribution in [0.15, 0.2) is 97.1 Å². The van der Waals surface area contributed by atoms with Gasteiger partial charge in [0.05, 0.1) is 0 Å². The van der Waals surface area contributed by atoms with Crippen molar-refractivity contribution in [3.63, 3.8) is 0 Å². The van der Waals surface area contributed by atoms with Crippen molar-refractivity contribution in [2.24, 2.45) is 0 Å². The van der Waals surface area contributed by atoms with E-state index < -0.39 is 0 Å². The summed E-state index contributed by atoms with van der Waals surface area (Å²) in [5, 5.41) is 0. The molecule has 1 heteroatoms. The minimum atomic E-state index is 0.118. The molecule has 5 rings (SSSR count). The summed E-state index contributed by atoms with van der Waals surface area (Å²) >= 11 is 0. The molecule has 0 amide bonds. The molecule has 1 aliphatic carbocycles. The molecule has 0 saturated carbocycles. The second-order valence-electron chi connectivity index (χ2n) is 6.52. The summed E-state index contributed by atoms with van der Waals surface area (Å²) in [6.07, 6.45) is 0. The fourth-order valence-corrected chi connectivity index (χ4v) is 3.88. The molecule has 0 fully saturated rings. The summed E-state index contributed by atoms with van der Waals surface area (Å²) in [5.41, 5.74) is 7.99. The number of hydrogen-bond acceptors (Lipinski definition) is 1. The number of ketones is 1. The topological polar surface area (TPSA) is 17.1 Å². The maximum Gasteiger partial charge on any atom is 0.194 e. The number of hydrogen-bond donors (Lipinski definition) is 0. The van der Waals surface area contributed by atoms with Gasteiger partial charge in [0.2, 0.25) is 0 Å². The lowest BCUT2D eigenvalue weighted by molar-refractivity contribution is 0.104. The third kappa shape index (κ3) is 2.14. The number of fused-ring (bicyclic) bond motifs is 3. The fraction of sp³-hybridized carbons (Fsp3) is 0. The predicted molar refractivity (Wildman–Crippen MR) is 106 cm³/mol. The van der Waals surface area contributed by atoms with Crippen LogP contribution in [0.4, 0.5) is 0 Å². The third-order valence-corrected chi connectivity index (χ3v) is 5.04. The van der Waals surface area contributed by atoms with Gasteiger partial charge in [-0.25, -0.2) is 0 Å². The number of rotatable bonds is 2. The van der Waals surface area contributed by atoms with Crippen molar-refractivity contribution in [1.29, 1.82) is 0 Å². The van der Waals surface area contributed by atoms with Crippen molar-refractivity contribution < 1.29 is 4.79 Å². The first-order valence-electron chi connectivity index (χ1n) is 8.76. The van der Waals surface area contributed by atoms with Crippen LogP contribution in [0.2, 0.25) is 0 Å². The standard InChI is InChI=1S/C25H16O/c26-25-22-14-8-7-13-20(22)21-16-15-19(17-9-3-1-4-10-17)23(24(21)25)18-11-5-2-6-12-18/h1-16H. The van der Waals surface area contributed by atoms with E-state index in [-0.39, 0.29) is 5.78 Å². The molecule has 1 aliphatic rings. The van der Waals surface area contributed by atoms with Gasteiger partial charge in [0, 0.05) is 16.7 Å². The van der Waals surface area contributed by atoms with Crippen LogP contribution in [-0.4, -0.2) is 5.78 Å². The van der Waals surface area contributed by atoms with Crippen molar-refractivity contribution in [3.05, 3.63) is 108 Å². The highest BCUT2D eigenvalue weighted by Gasteiger charge is 2.30.